The Balaban J connectivity index is 2.15. The second-order valence-corrected chi connectivity index (χ2v) is 7.20. The molecule has 0 bridgehead atoms. The molecule has 20 heavy (non-hydrogen) atoms. The minimum Gasteiger partial charge on any atom is -0.295 e. The van der Waals surface area contributed by atoms with E-state index >= 15 is 0 Å². The summed E-state index contributed by atoms with van der Waals surface area (Å²) in [5.74, 6) is 0.540. The standard InChI is InChI=1S/C15H21NO3S/c1-3-14(9-12-7-8-12)16-20(18,19)15-6-4-5-13(10-15)11(2)17/h4-6,10,12,14,16H,3,7-9H2,1-2H3. The fourth-order valence-electron chi connectivity index (χ4n) is 2.22. The maximum Gasteiger partial charge on any atom is 0.240 e. The lowest BCUT2D eigenvalue weighted by atomic mass is 10.1. The first kappa shape index (κ1) is 15.2. The van der Waals surface area contributed by atoms with Gasteiger partial charge in [0.2, 0.25) is 10.0 Å². The SMILES string of the molecule is CCC(CC1CC1)NS(=O)(=O)c1cccc(C(C)=O)c1. The van der Waals surface area contributed by atoms with Crippen LogP contribution in [0.25, 0.3) is 0 Å². The molecule has 1 N–H and O–H groups in total. The van der Waals surface area contributed by atoms with E-state index in [9.17, 15) is 13.2 Å². The Morgan fingerprint density at radius 1 is 1.40 bits per heavy atom. The van der Waals surface area contributed by atoms with Crippen LogP contribution < -0.4 is 4.72 Å². The largest absolute Gasteiger partial charge is 0.295 e. The third kappa shape index (κ3) is 3.90. The van der Waals surface area contributed by atoms with Crippen molar-refractivity contribution in [1.82, 2.24) is 4.72 Å². The summed E-state index contributed by atoms with van der Waals surface area (Å²) in [6.07, 6.45) is 4.10. The van der Waals surface area contributed by atoms with Gasteiger partial charge in [-0.25, -0.2) is 13.1 Å². The predicted octanol–water partition coefficient (Wildman–Crippen LogP) is 2.75. The van der Waals surface area contributed by atoms with E-state index in [1.54, 1.807) is 12.1 Å². The Kier molecular flexibility index (Phi) is 4.60. The Hall–Kier alpha value is -1.20. The molecule has 0 aliphatic heterocycles. The van der Waals surface area contributed by atoms with Crippen LogP contribution in [0.15, 0.2) is 29.2 Å². The van der Waals surface area contributed by atoms with Crippen molar-refractivity contribution in [3.8, 4) is 0 Å². The summed E-state index contributed by atoms with van der Waals surface area (Å²) in [5, 5.41) is 0. The molecule has 4 nitrogen and oxygen atoms in total. The molecule has 110 valence electrons. The van der Waals surface area contributed by atoms with Crippen molar-refractivity contribution < 1.29 is 13.2 Å². The van der Waals surface area contributed by atoms with Crippen molar-refractivity contribution in [2.75, 3.05) is 0 Å². The number of hydrogen-bond donors (Lipinski definition) is 1. The summed E-state index contributed by atoms with van der Waals surface area (Å²) in [7, 11) is -3.55. The molecule has 1 saturated carbocycles. The molecule has 0 saturated heterocycles. The van der Waals surface area contributed by atoms with Crippen molar-refractivity contribution in [3.05, 3.63) is 29.8 Å². The van der Waals surface area contributed by atoms with Crippen LogP contribution in [0.2, 0.25) is 0 Å². The van der Waals surface area contributed by atoms with Gasteiger partial charge >= 0.3 is 0 Å². The summed E-state index contributed by atoms with van der Waals surface area (Å²) in [6, 6.07) is 6.18. The van der Waals surface area contributed by atoms with Gasteiger partial charge in [-0.2, -0.15) is 0 Å². The van der Waals surface area contributed by atoms with Gasteiger partial charge in [0.1, 0.15) is 0 Å². The molecule has 1 atom stereocenters. The lowest BCUT2D eigenvalue weighted by Gasteiger charge is -2.17. The van der Waals surface area contributed by atoms with Gasteiger partial charge in [-0.1, -0.05) is 31.9 Å². The number of hydrogen-bond acceptors (Lipinski definition) is 3. The first-order valence-electron chi connectivity index (χ1n) is 7.05. The maximum atomic E-state index is 12.4. The van der Waals surface area contributed by atoms with Gasteiger partial charge in [0.15, 0.2) is 5.78 Å². The van der Waals surface area contributed by atoms with Crippen LogP contribution in [0.3, 0.4) is 0 Å². The van der Waals surface area contributed by atoms with Gasteiger partial charge in [-0.3, -0.25) is 4.79 Å². The highest BCUT2D eigenvalue weighted by Crippen LogP contribution is 2.34. The third-order valence-electron chi connectivity index (χ3n) is 3.68. The smallest absolute Gasteiger partial charge is 0.240 e. The maximum absolute atomic E-state index is 12.4. The van der Waals surface area contributed by atoms with Gasteiger partial charge in [0.25, 0.3) is 0 Å². The van der Waals surface area contributed by atoms with Gasteiger partial charge in [-0.15, -0.1) is 0 Å². The second kappa shape index (κ2) is 6.06. The molecule has 0 amide bonds. The Morgan fingerprint density at radius 2 is 2.10 bits per heavy atom. The summed E-state index contributed by atoms with van der Waals surface area (Å²) >= 11 is 0. The molecular formula is C15H21NO3S. The van der Waals surface area contributed by atoms with E-state index in [4.69, 9.17) is 0 Å². The van der Waals surface area contributed by atoms with E-state index in [-0.39, 0.29) is 16.7 Å². The van der Waals surface area contributed by atoms with Crippen LogP contribution in [0, 0.1) is 5.92 Å². The summed E-state index contributed by atoms with van der Waals surface area (Å²) < 4.78 is 27.5. The van der Waals surface area contributed by atoms with Crippen LogP contribution in [0.1, 0.15) is 49.9 Å². The van der Waals surface area contributed by atoms with Crippen LogP contribution in [-0.4, -0.2) is 20.2 Å². The van der Waals surface area contributed by atoms with Crippen LogP contribution in [-0.2, 0) is 10.0 Å². The van der Waals surface area contributed by atoms with E-state index in [1.807, 2.05) is 6.92 Å². The molecule has 1 fully saturated rings. The topological polar surface area (TPSA) is 63.2 Å². The van der Waals surface area contributed by atoms with Gasteiger partial charge in [-0.05, 0) is 37.8 Å². The molecule has 0 heterocycles. The summed E-state index contributed by atoms with van der Waals surface area (Å²) in [4.78, 5) is 11.5. The molecule has 0 aromatic heterocycles. The molecule has 1 aromatic rings. The van der Waals surface area contributed by atoms with Crippen LogP contribution in [0.5, 0.6) is 0 Å². The molecule has 0 spiro atoms. The number of nitrogens with one attached hydrogen (secondary N) is 1. The lowest BCUT2D eigenvalue weighted by Crippen LogP contribution is -2.34. The van der Waals surface area contributed by atoms with Gasteiger partial charge < -0.3 is 0 Å². The summed E-state index contributed by atoms with van der Waals surface area (Å²) in [6.45, 7) is 3.42. The fraction of sp³-hybridized carbons (Fsp3) is 0.533. The molecule has 2 rings (SSSR count). The molecule has 1 aromatic carbocycles. The molecule has 1 unspecified atom stereocenters. The summed E-state index contributed by atoms with van der Waals surface area (Å²) in [5.41, 5.74) is 0.420. The first-order chi connectivity index (χ1) is 9.42. The predicted molar refractivity (Wildman–Crippen MR) is 78.2 cm³/mol. The fourth-order valence-corrected chi connectivity index (χ4v) is 3.60. The lowest BCUT2D eigenvalue weighted by molar-refractivity contribution is 0.101. The zero-order valence-corrected chi connectivity index (χ0v) is 12.7. The van der Waals surface area contributed by atoms with Crippen LogP contribution in [0.4, 0.5) is 0 Å². The molecule has 1 aliphatic rings. The molecule has 1 aliphatic carbocycles. The number of ketones is 1. The van der Waals surface area contributed by atoms with Crippen molar-refractivity contribution in [3.63, 3.8) is 0 Å². The van der Waals surface area contributed by atoms with Crippen molar-refractivity contribution in [1.29, 1.82) is 0 Å². The van der Waals surface area contributed by atoms with Gasteiger partial charge in [0.05, 0.1) is 4.90 Å². The number of Topliss-reactive ketones (excluding diaryl/α,β-unsaturated/α-hetero) is 1. The number of rotatable bonds is 7. The van der Waals surface area contributed by atoms with Crippen molar-refractivity contribution in [2.45, 2.75) is 50.5 Å². The van der Waals surface area contributed by atoms with E-state index in [2.05, 4.69) is 4.72 Å². The molecule has 0 radical (unpaired) electrons. The average Bonchev–Trinajstić information content (AvgIpc) is 3.21. The first-order valence-corrected chi connectivity index (χ1v) is 8.54. The third-order valence-corrected chi connectivity index (χ3v) is 5.20. The second-order valence-electron chi connectivity index (χ2n) is 5.49. The molecular weight excluding hydrogens is 274 g/mol. The highest BCUT2D eigenvalue weighted by atomic mass is 32.2. The number of benzene rings is 1. The number of sulfonamides is 1. The Labute approximate surface area is 120 Å². The Bertz CT molecular complexity index is 591. The highest BCUT2D eigenvalue weighted by molar-refractivity contribution is 7.89. The normalized spacial score (nSPS) is 16.9. The van der Waals surface area contributed by atoms with E-state index in [0.717, 1.165) is 12.8 Å². The number of carbonyl (C=O) groups excluding carboxylic acids is 1. The zero-order valence-electron chi connectivity index (χ0n) is 11.9. The van der Waals surface area contributed by atoms with E-state index < -0.39 is 10.0 Å². The molecule has 5 heteroatoms. The van der Waals surface area contributed by atoms with E-state index in [1.165, 1.54) is 31.9 Å². The van der Waals surface area contributed by atoms with Crippen LogP contribution >= 0.6 is 0 Å². The highest BCUT2D eigenvalue weighted by Gasteiger charge is 2.27. The van der Waals surface area contributed by atoms with Crippen molar-refractivity contribution in [2.24, 2.45) is 5.92 Å². The minimum atomic E-state index is -3.55. The quantitative estimate of drug-likeness (QED) is 0.787. The number of carbonyl (C=O) groups is 1. The minimum absolute atomic E-state index is 0.0199. The zero-order chi connectivity index (χ0) is 14.8. The monoisotopic (exact) mass is 295 g/mol. The van der Waals surface area contributed by atoms with Gasteiger partial charge in [0, 0.05) is 11.6 Å². The van der Waals surface area contributed by atoms with Crippen molar-refractivity contribution >= 4 is 15.8 Å². The Morgan fingerprint density at radius 3 is 2.65 bits per heavy atom. The average molecular weight is 295 g/mol. The van der Waals surface area contributed by atoms with E-state index in [0.29, 0.717) is 11.5 Å².